The Morgan fingerprint density at radius 2 is 2.00 bits per heavy atom. The predicted octanol–water partition coefficient (Wildman–Crippen LogP) is 2.06. The lowest BCUT2D eigenvalue weighted by Crippen LogP contribution is -2.35. The van der Waals surface area contributed by atoms with Crippen molar-refractivity contribution < 1.29 is 13.2 Å². The lowest BCUT2D eigenvalue weighted by molar-refractivity contribution is 0.309. The number of nitrogens with zero attached hydrogens (tertiary/aromatic N) is 2. The molecular weight excluding hydrogens is 312 g/mol. The molecular formula is C14H21ClN2O3S. The van der Waals surface area contributed by atoms with E-state index in [1.54, 1.807) is 19.2 Å². The van der Waals surface area contributed by atoms with Gasteiger partial charge in [-0.05, 0) is 44.1 Å². The maximum absolute atomic E-state index is 12.6. The zero-order valence-corrected chi connectivity index (χ0v) is 14.0. The minimum Gasteiger partial charge on any atom is -0.495 e. The van der Waals surface area contributed by atoms with Crippen molar-refractivity contribution in [1.82, 2.24) is 9.21 Å². The van der Waals surface area contributed by atoms with Gasteiger partial charge in [-0.25, -0.2) is 8.42 Å². The summed E-state index contributed by atoms with van der Waals surface area (Å²) < 4.78 is 31.8. The van der Waals surface area contributed by atoms with Gasteiger partial charge in [-0.3, -0.25) is 0 Å². The zero-order chi connectivity index (χ0) is 15.5. The van der Waals surface area contributed by atoms with Crippen LogP contribution >= 0.6 is 11.6 Å². The van der Waals surface area contributed by atoms with Crippen molar-refractivity contribution in [3.8, 4) is 5.75 Å². The van der Waals surface area contributed by atoms with E-state index in [-0.39, 0.29) is 4.90 Å². The van der Waals surface area contributed by atoms with Crippen LogP contribution in [0.1, 0.15) is 12.8 Å². The molecule has 0 unspecified atom stereocenters. The van der Waals surface area contributed by atoms with Crippen LogP contribution in [0, 0.1) is 0 Å². The highest BCUT2D eigenvalue weighted by atomic mass is 35.5. The van der Waals surface area contributed by atoms with Gasteiger partial charge in [-0.1, -0.05) is 11.6 Å². The van der Waals surface area contributed by atoms with E-state index >= 15 is 0 Å². The molecule has 0 atom stereocenters. The number of ether oxygens (including phenoxy) is 1. The van der Waals surface area contributed by atoms with Gasteiger partial charge in [-0.2, -0.15) is 4.31 Å². The first-order valence-electron chi connectivity index (χ1n) is 6.97. The summed E-state index contributed by atoms with van der Waals surface area (Å²) in [7, 11) is -0.559. The highest BCUT2D eigenvalue weighted by Gasteiger charge is 2.25. The maximum Gasteiger partial charge on any atom is 0.246 e. The summed E-state index contributed by atoms with van der Waals surface area (Å²) in [6.45, 7) is 3.30. The third kappa shape index (κ3) is 3.88. The van der Waals surface area contributed by atoms with Crippen molar-refractivity contribution in [2.45, 2.75) is 17.7 Å². The number of sulfonamides is 1. The lowest BCUT2D eigenvalue weighted by Gasteiger charge is -2.22. The summed E-state index contributed by atoms with van der Waals surface area (Å²) in [6.07, 6.45) is 2.39. The van der Waals surface area contributed by atoms with Gasteiger partial charge in [0.2, 0.25) is 10.0 Å². The molecule has 1 aromatic carbocycles. The van der Waals surface area contributed by atoms with Gasteiger partial charge in [0.1, 0.15) is 10.6 Å². The standard InChI is InChI=1S/C14H21ClN2O3S/c1-16(9-10-17-7-3-4-8-17)21(18,19)14-11-12(15)5-6-13(14)20-2/h5-6,11H,3-4,7-10H2,1-2H3. The third-order valence-corrected chi connectivity index (χ3v) is 5.86. The van der Waals surface area contributed by atoms with E-state index in [1.165, 1.54) is 30.3 Å². The zero-order valence-electron chi connectivity index (χ0n) is 12.4. The van der Waals surface area contributed by atoms with Gasteiger partial charge in [0.25, 0.3) is 0 Å². The molecule has 7 heteroatoms. The number of likely N-dealkylation sites (tertiary alicyclic amines) is 1. The van der Waals surface area contributed by atoms with E-state index in [9.17, 15) is 8.42 Å². The number of benzene rings is 1. The molecule has 1 heterocycles. The molecule has 1 aromatic rings. The Morgan fingerprint density at radius 3 is 2.62 bits per heavy atom. The molecule has 0 N–H and O–H groups in total. The van der Waals surface area contributed by atoms with Crippen LogP contribution in [0.3, 0.4) is 0 Å². The molecule has 5 nitrogen and oxygen atoms in total. The maximum atomic E-state index is 12.6. The fraction of sp³-hybridized carbons (Fsp3) is 0.571. The first-order chi connectivity index (χ1) is 9.95. The SMILES string of the molecule is COc1ccc(Cl)cc1S(=O)(=O)N(C)CCN1CCCC1. The van der Waals surface area contributed by atoms with Crippen molar-refractivity contribution >= 4 is 21.6 Å². The topological polar surface area (TPSA) is 49.9 Å². The molecule has 1 saturated heterocycles. The molecule has 1 aliphatic rings. The quantitative estimate of drug-likeness (QED) is 0.800. The van der Waals surface area contributed by atoms with Crippen LogP contribution in [0.2, 0.25) is 5.02 Å². The van der Waals surface area contributed by atoms with Gasteiger partial charge < -0.3 is 9.64 Å². The first kappa shape index (κ1) is 16.5. The second-order valence-corrected chi connectivity index (χ2v) is 7.62. The normalized spacial score (nSPS) is 16.6. The van der Waals surface area contributed by atoms with E-state index < -0.39 is 10.0 Å². The van der Waals surface area contributed by atoms with Gasteiger partial charge >= 0.3 is 0 Å². The van der Waals surface area contributed by atoms with Crippen LogP contribution in [-0.2, 0) is 10.0 Å². The largest absolute Gasteiger partial charge is 0.495 e. The van der Waals surface area contributed by atoms with Crippen molar-refractivity contribution in [3.05, 3.63) is 23.2 Å². The molecule has 1 fully saturated rings. The fourth-order valence-electron chi connectivity index (χ4n) is 2.43. The Hall–Kier alpha value is -0.820. The van der Waals surface area contributed by atoms with Crippen molar-refractivity contribution in [2.75, 3.05) is 40.3 Å². The number of hydrogen-bond donors (Lipinski definition) is 0. The van der Waals surface area contributed by atoms with Gasteiger partial charge in [-0.15, -0.1) is 0 Å². The second-order valence-electron chi connectivity index (χ2n) is 5.17. The van der Waals surface area contributed by atoms with Crippen LogP contribution in [0.4, 0.5) is 0 Å². The Labute approximate surface area is 131 Å². The van der Waals surface area contributed by atoms with Crippen LogP contribution < -0.4 is 4.74 Å². The third-order valence-electron chi connectivity index (χ3n) is 3.74. The summed E-state index contributed by atoms with van der Waals surface area (Å²) >= 11 is 5.92. The van der Waals surface area contributed by atoms with Gasteiger partial charge in [0.05, 0.1) is 7.11 Å². The first-order valence-corrected chi connectivity index (χ1v) is 8.79. The molecule has 0 saturated carbocycles. The molecule has 118 valence electrons. The summed E-state index contributed by atoms with van der Waals surface area (Å²) in [6, 6.07) is 4.62. The minimum absolute atomic E-state index is 0.112. The Kier molecular flexibility index (Phi) is 5.48. The van der Waals surface area contributed by atoms with Crippen molar-refractivity contribution in [1.29, 1.82) is 0 Å². The average Bonchev–Trinajstić information content (AvgIpc) is 2.97. The summed E-state index contributed by atoms with van der Waals surface area (Å²) in [5, 5.41) is 0.377. The number of halogens is 1. The van der Waals surface area contributed by atoms with E-state index in [4.69, 9.17) is 16.3 Å². The Morgan fingerprint density at radius 1 is 1.33 bits per heavy atom. The fourth-order valence-corrected chi connectivity index (χ4v) is 4.00. The van der Waals surface area contributed by atoms with Gasteiger partial charge in [0, 0.05) is 25.2 Å². The number of methoxy groups -OCH3 is 1. The molecule has 0 spiro atoms. The second kappa shape index (κ2) is 6.96. The van der Waals surface area contributed by atoms with Crippen LogP contribution in [0.5, 0.6) is 5.75 Å². The molecule has 0 amide bonds. The van der Waals surface area contributed by atoms with Gasteiger partial charge in [0.15, 0.2) is 0 Å². The lowest BCUT2D eigenvalue weighted by atomic mass is 10.3. The van der Waals surface area contributed by atoms with E-state index in [0.717, 1.165) is 19.6 Å². The summed E-state index contributed by atoms with van der Waals surface area (Å²) in [5.74, 6) is 0.312. The highest BCUT2D eigenvalue weighted by Crippen LogP contribution is 2.29. The van der Waals surface area contributed by atoms with E-state index in [2.05, 4.69) is 4.90 Å². The molecule has 0 bridgehead atoms. The molecule has 21 heavy (non-hydrogen) atoms. The van der Waals surface area contributed by atoms with Crippen LogP contribution in [0.15, 0.2) is 23.1 Å². The van der Waals surface area contributed by atoms with Crippen molar-refractivity contribution in [2.24, 2.45) is 0 Å². The Balaban J connectivity index is 2.14. The summed E-state index contributed by atoms with van der Waals surface area (Å²) in [5.41, 5.74) is 0. The van der Waals surface area contributed by atoms with E-state index in [0.29, 0.717) is 17.3 Å². The number of likely N-dealkylation sites (N-methyl/N-ethyl adjacent to an activating group) is 1. The molecule has 0 radical (unpaired) electrons. The average molecular weight is 333 g/mol. The van der Waals surface area contributed by atoms with E-state index in [1.807, 2.05) is 0 Å². The van der Waals surface area contributed by atoms with Crippen LogP contribution in [-0.4, -0.2) is 58.0 Å². The molecule has 0 aromatic heterocycles. The summed E-state index contributed by atoms with van der Waals surface area (Å²) in [4.78, 5) is 2.39. The highest BCUT2D eigenvalue weighted by molar-refractivity contribution is 7.89. The van der Waals surface area contributed by atoms with Crippen molar-refractivity contribution in [3.63, 3.8) is 0 Å². The molecule has 1 aliphatic heterocycles. The molecule has 2 rings (SSSR count). The minimum atomic E-state index is -3.60. The number of hydrogen-bond acceptors (Lipinski definition) is 4. The molecule has 0 aliphatic carbocycles. The number of rotatable bonds is 6. The predicted molar refractivity (Wildman–Crippen MR) is 83.5 cm³/mol. The Bertz CT molecular complexity index is 586. The smallest absolute Gasteiger partial charge is 0.246 e. The monoisotopic (exact) mass is 332 g/mol. The van der Waals surface area contributed by atoms with Crippen LogP contribution in [0.25, 0.3) is 0 Å².